The lowest BCUT2D eigenvalue weighted by atomic mass is 10.0. The van der Waals surface area contributed by atoms with Crippen LogP contribution in [0.4, 0.5) is 9.18 Å². The van der Waals surface area contributed by atoms with E-state index in [2.05, 4.69) is 5.32 Å². The van der Waals surface area contributed by atoms with E-state index in [9.17, 15) is 32.3 Å². The summed E-state index contributed by atoms with van der Waals surface area (Å²) in [7, 11) is -4.69. The number of aliphatic hydroxyl groups is 1. The minimum Gasteiger partial charge on any atom is -0.458 e. The first kappa shape index (κ1) is 34.7. The van der Waals surface area contributed by atoms with Crippen LogP contribution in [0.2, 0.25) is 0 Å². The fraction of sp³-hybridized carbons (Fsp3) is 0.516. The highest BCUT2D eigenvalue weighted by Gasteiger charge is 2.47. The van der Waals surface area contributed by atoms with Gasteiger partial charge in [-0.3, -0.25) is 10.1 Å². The molecule has 0 spiro atoms. The van der Waals surface area contributed by atoms with E-state index in [1.165, 1.54) is 28.8 Å². The van der Waals surface area contributed by atoms with Crippen LogP contribution in [0.1, 0.15) is 53.0 Å². The molecular weight excluding hydrogens is 625 g/mol. The molecule has 2 aromatic rings. The molecule has 0 bridgehead atoms. The summed E-state index contributed by atoms with van der Waals surface area (Å²) in [4.78, 5) is 41.6. The third kappa shape index (κ3) is 8.54. The summed E-state index contributed by atoms with van der Waals surface area (Å²) in [6, 6.07) is 8.21. The van der Waals surface area contributed by atoms with Crippen LogP contribution >= 0.6 is 11.8 Å². The van der Waals surface area contributed by atoms with E-state index in [1.54, 1.807) is 32.9 Å². The van der Waals surface area contributed by atoms with Gasteiger partial charge in [0.05, 0.1) is 17.5 Å². The third-order valence-corrected chi connectivity index (χ3v) is 10.6. The van der Waals surface area contributed by atoms with E-state index in [0.29, 0.717) is 28.6 Å². The van der Waals surface area contributed by atoms with Crippen LogP contribution < -0.4 is 10.1 Å². The van der Waals surface area contributed by atoms with Crippen molar-refractivity contribution in [3.05, 3.63) is 59.9 Å². The lowest BCUT2D eigenvalue weighted by Crippen LogP contribution is -2.56. The van der Waals surface area contributed by atoms with Crippen LogP contribution in [0.25, 0.3) is 0 Å². The first-order valence-corrected chi connectivity index (χ1v) is 17.1. The summed E-state index contributed by atoms with van der Waals surface area (Å²) in [5.41, 5.74) is -1.02. The largest absolute Gasteiger partial charge is 0.458 e. The Morgan fingerprint density at radius 3 is 2.33 bits per heavy atom. The Hall–Kier alpha value is -3.20. The predicted octanol–water partition coefficient (Wildman–Crippen LogP) is 3.69. The van der Waals surface area contributed by atoms with Crippen molar-refractivity contribution in [2.45, 2.75) is 87.4 Å². The van der Waals surface area contributed by atoms with Crippen molar-refractivity contribution in [3.8, 4) is 5.75 Å². The van der Waals surface area contributed by atoms with Crippen molar-refractivity contribution in [2.24, 2.45) is 0 Å². The molecule has 0 aromatic heterocycles. The van der Waals surface area contributed by atoms with E-state index in [4.69, 9.17) is 9.47 Å². The Morgan fingerprint density at radius 2 is 1.78 bits per heavy atom. The molecule has 2 saturated heterocycles. The van der Waals surface area contributed by atoms with Crippen molar-refractivity contribution in [1.29, 1.82) is 0 Å². The maximum absolute atomic E-state index is 14.1. The lowest BCUT2D eigenvalue weighted by molar-refractivity contribution is -0.161. The van der Waals surface area contributed by atoms with Gasteiger partial charge in [-0.25, -0.2) is 26.7 Å². The maximum atomic E-state index is 14.1. The smallest absolute Gasteiger partial charge is 0.415 e. The highest BCUT2D eigenvalue weighted by atomic mass is 32.2. The fourth-order valence-corrected chi connectivity index (χ4v) is 8.05. The van der Waals surface area contributed by atoms with Gasteiger partial charge in [0, 0.05) is 24.3 Å². The fourth-order valence-electron chi connectivity index (χ4n) is 5.11. The van der Waals surface area contributed by atoms with Gasteiger partial charge in [0.2, 0.25) is 0 Å². The summed E-state index contributed by atoms with van der Waals surface area (Å²) < 4.78 is 53.6. The molecule has 1 unspecified atom stereocenters. The van der Waals surface area contributed by atoms with E-state index in [0.717, 1.165) is 30.7 Å². The van der Waals surface area contributed by atoms with E-state index < -0.39 is 56.4 Å². The number of nitrogens with one attached hydrogen (secondary N) is 1. The molecule has 14 heteroatoms. The van der Waals surface area contributed by atoms with Gasteiger partial charge in [0.1, 0.15) is 28.6 Å². The highest BCUT2D eigenvalue weighted by Crippen LogP contribution is 2.32. The van der Waals surface area contributed by atoms with Gasteiger partial charge >= 0.3 is 12.1 Å². The molecule has 2 N–H and O–H groups in total. The van der Waals surface area contributed by atoms with Crippen LogP contribution in [0, 0.1) is 5.82 Å². The molecule has 2 aliphatic heterocycles. The Labute approximate surface area is 267 Å². The first-order valence-electron chi connectivity index (χ1n) is 14.6. The van der Waals surface area contributed by atoms with Crippen LogP contribution in [0.3, 0.4) is 0 Å². The van der Waals surface area contributed by atoms with Crippen molar-refractivity contribution in [3.63, 3.8) is 0 Å². The summed E-state index contributed by atoms with van der Waals surface area (Å²) in [5, 5.41) is 11.7. The van der Waals surface area contributed by atoms with Gasteiger partial charge in [-0.1, -0.05) is 12.1 Å². The molecule has 0 radical (unpaired) electrons. The number of ether oxygens (including phenoxy) is 2. The Balaban J connectivity index is 1.69. The predicted molar refractivity (Wildman–Crippen MR) is 167 cm³/mol. The number of nitrogens with zero attached hydrogens (tertiary/aromatic N) is 2. The number of aliphatic hydroxyl groups excluding tert-OH is 1. The van der Waals surface area contributed by atoms with Gasteiger partial charge in [0.25, 0.3) is 15.9 Å². The number of carbonyl (C=O) groups is 3. The monoisotopic (exact) mass is 665 g/mol. The van der Waals surface area contributed by atoms with Gasteiger partial charge in [0.15, 0.2) is 0 Å². The topological polar surface area (TPSA) is 143 Å². The zero-order valence-electron chi connectivity index (χ0n) is 26.0. The second-order valence-electron chi connectivity index (χ2n) is 12.7. The molecule has 2 fully saturated rings. The number of esters is 1. The van der Waals surface area contributed by atoms with Crippen LogP contribution in [0.15, 0.2) is 53.4 Å². The third-order valence-electron chi connectivity index (χ3n) is 7.29. The minimum absolute atomic E-state index is 0.164. The van der Waals surface area contributed by atoms with Gasteiger partial charge in [-0.05, 0) is 89.4 Å². The van der Waals surface area contributed by atoms with Crippen LogP contribution in [-0.4, -0.2) is 88.2 Å². The number of hydrogen-bond acceptors (Lipinski definition) is 10. The standard InChI is InChI=1S/C31H40FN3O8S2/c1-30(2,3)43-28(38)25(17-20-8-12-23(13-9-20)42-29(39)34-16-6-7-22(34)18-36)35(27(37)26-33-31(4,5)19-44-26)45(40,41)24-14-10-21(32)11-15-24/h8-15,22,25-26,33,36H,6-7,16-19H2,1-5H3/t22?,25-,26-/m0/s1. The molecule has 45 heavy (non-hydrogen) atoms. The van der Waals surface area contributed by atoms with Crippen molar-refractivity contribution in [1.82, 2.24) is 14.5 Å². The number of thioether (sulfide) groups is 1. The number of hydrogen-bond donors (Lipinski definition) is 2. The number of amides is 2. The molecular formula is C31H40FN3O8S2. The molecule has 2 heterocycles. The van der Waals surface area contributed by atoms with Crippen molar-refractivity contribution < 1.29 is 41.8 Å². The normalized spacial score (nSPS) is 20.5. The molecule has 2 amide bonds. The maximum Gasteiger partial charge on any atom is 0.415 e. The average Bonchev–Trinajstić information content (AvgIpc) is 3.59. The number of halogens is 1. The lowest BCUT2D eigenvalue weighted by Gasteiger charge is -2.33. The minimum atomic E-state index is -4.69. The summed E-state index contributed by atoms with van der Waals surface area (Å²) in [5.74, 6) is -1.74. The number of rotatable bonds is 9. The molecule has 2 aliphatic rings. The molecule has 4 rings (SSSR count). The Morgan fingerprint density at radius 1 is 1.13 bits per heavy atom. The number of likely N-dealkylation sites (tertiary alicyclic amines) is 1. The number of carbonyl (C=O) groups excluding carboxylic acids is 3. The zero-order valence-corrected chi connectivity index (χ0v) is 27.6. The molecule has 246 valence electrons. The van der Waals surface area contributed by atoms with E-state index in [-0.39, 0.29) is 29.7 Å². The summed E-state index contributed by atoms with van der Waals surface area (Å²) >= 11 is 1.22. The Bertz CT molecular complexity index is 1490. The Kier molecular flexibility index (Phi) is 10.5. The SMILES string of the molecule is CC1(C)CS[C@@H](C(=O)N([C@@H](Cc2ccc(OC(=O)N3CCCC3CO)cc2)C(=O)OC(C)(C)C)S(=O)(=O)c2ccc(F)cc2)N1. The number of benzene rings is 2. The summed E-state index contributed by atoms with van der Waals surface area (Å²) in [6.45, 7) is 8.94. The van der Waals surface area contributed by atoms with Crippen LogP contribution in [0.5, 0.6) is 5.75 Å². The van der Waals surface area contributed by atoms with Gasteiger partial charge < -0.3 is 19.5 Å². The molecule has 0 aliphatic carbocycles. The second kappa shape index (κ2) is 13.7. The second-order valence-corrected chi connectivity index (χ2v) is 15.7. The van der Waals surface area contributed by atoms with Crippen molar-refractivity contribution >= 4 is 39.8 Å². The van der Waals surface area contributed by atoms with E-state index in [1.807, 2.05) is 13.8 Å². The first-order chi connectivity index (χ1) is 21.0. The van der Waals surface area contributed by atoms with Gasteiger partial charge in [-0.2, -0.15) is 0 Å². The molecule has 2 aromatic carbocycles. The average molecular weight is 666 g/mol. The summed E-state index contributed by atoms with van der Waals surface area (Å²) in [6.07, 6.45) is 0.583. The molecule has 3 atom stereocenters. The zero-order chi connectivity index (χ0) is 33.2. The molecule has 11 nitrogen and oxygen atoms in total. The van der Waals surface area contributed by atoms with Crippen LogP contribution in [-0.2, 0) is 30.8 Å². The van der Waals surface area contributed by atoms with Crippen molar-refractivity contribution in [2.75, 3.05) is 18.9 Å². The highest BCUT2D eigenvalue weighted by molar-refractivity contribution is 8.01. The molecule has 0 saturated carbocycles. The number of sulfonamides is 1. The quantitative estimate of drug-likeness (QED) is 0.381. The van der Waals surface area contributed by atoms with E-state index >= 15 is 0 Å². The van der Waals surface area contributed by atoms with Gasteiger partial charge in [-0.15, -0.1) is 11.8 Å².